The van der Waals surface area contributed by atoms with Crippen LogP contribution in [0, 0.1) is 0 Å². The Labute approximate surface area is 116 Å². The van der Waals surface area contributed by atoms with E-state index in [0.717, 1.165) is 25.5 Å². The number of nitrogens with zero attached hydrogens (tertiary/aromatic N) is 2. The summed E-state index contributed by atoms with van der Waals surface area (Å²) in [6, 6.07) is 4.64. The molecule has 0 unspecified atom stereocenters. The minimum atomic E-state index is 0.481. The highest BCUT2D eigenvalue weighted by atomic mass is 16.5. The van der Waals surface area contributed by atoms with Gasteiger partial charge in [0.15, 0.2) is 0 Å². The minimum Gasteiger partial charge on any atom is -0.383 e. The Bertz CT molecular complexity index is 379. The number of anilines is 1. The summed E-state index contributed by atoms with van der Waals surface area (Å²) in [5, 5.41) is 3.41. The van der Waals surface area contributed by atoms with E-state index < -0.39 is 0 Å². The van der Waals surface area contributed by atoms with Crippen LogP contribution in [0.2, 0.25) is 0 Å². The predicted molar refractivity (Wildman–Crippen MR) is 80.5 cm³/mol. The van der Waals surface area contributed by atoms with Gasteiger partial charge in [0.2, 0.25) is 0 Å². The Kier molecular flexibility index (Phi) is 7.15. The molecule has 0 spiro atoms. The van der Waals surface area contributed by atoms with Gasteiger partial charge in [-0.1, -0.05) is 19.9 Å². The van der Waals surface area contributed by atoms with Gasteiger partial charge in [0.05, 0.1) is 6.61 Å². The Morgan fingerprint density at radius 1 is 1.53 bits per heavy atom. The lowest BCUT2D eigenvalue weighted by Gasteiger charge is -2.22. The lowest BCUT2D eigenvalue weighted by Crippen LogP contribution is -2.28. The van der Waals surface area contributed by atoms with Crippen molar-refractivity contribution in [2.75, 3.05) is 31.7 Å². The average molecular weight is 263 g/mol. The van der Waals surface area contributed by atoms with Gasteiger partial charge in [-0.3, -0.25) is 0 Å². The lowest BCUT2D eigenvalue weighted by molar-refractivity contribution is 0.205. The van der Waals surface area contributed by atoms with Crippen LogP contribution < -0.4 is 10.2 Å². The molecule has 0 aromatic carbocycles. The van der Waals surface area contributed by atoms with Crippen LogP contribution in [-0.2, 0) is 11.3 Å². The maximum absolute atomic E-state index is 5.13. The second kappa shape index (κ2) is 8.67. The fourth-order valence-corrected chi connectivity index (χ4v) is 1.72. The molecule has 0 fully saturated rings. The number of nitrogens with one attached hydrogen (secondary N) is 1. The van der Waals surface area contributed by atoms with Crippen LogP contribution >= 0.6 is 0 Å². The van der Waals surface area contributed by atoms with Crippen LogP contribution in [0.15, 0.2) is 31.0 Å². The highest BCUT2D eigenvalue weighted by Gasteiger charge is 2.07. The number of hydrogen-bond acceptors (Lipinski definition) is 4. The van der Waals surface area contributed by atoms with Crippen LogP contribution in [0.4, 0.5) is 5.82 Å². The molecule has 19 heavy (non-hydrogen) atoms. The molecule has 0 aliphatic carbocycles. The van der Waals surface area contributed by atoms with Gasteiger partial charge in [-0.15, -0.1) is 6.58 Å². The van der Waals surface area contributed by atoms with Crippen molar-refractivity contribution in [2.45, 2.75) is 26.4 Å². The normalized spacial score (nSPS) is 10.7. The Morgan fingerprint density at radius 2 is 2.32 bits per heavy atom. The van der Waals surface area contributed by atoms with Crippen molar-refractivity contribution in [3.63, 3.8) is 0 Å². The first-order chi connectivity index (χ1) is 9.17. The summed E-state index contributed by atoms with van der Waals surface area (Å²) < 4.78 is 5.13. The zero-order valence-electron chi connectivity index (χ0n) is 12.2. The van der Waals surface area contributed by atoms with Crippen molar-refractivity contribution < 1.29 is 4.74 Å². The maximum Gasteiger partial charge on any atom is 0.129 e. The van der Waals surface area contributed by atoms with Gasteiger partial charge in [-0.2, -0.15) is 0 Å². The molecule has 0 bridgehead atoms. The van der Waals surface area contributed by atoms with Gasteiger partial charge >= 0.3 is 0 Å². The summed E-state index contributed by atoms with van der Waals surface area (Å²) in [5.74, 6) is 0.972. The Morgan fingerprint density at radius 3 is 2.95 bits per heavy atom. The second-order valence-electron chi connectivity index (χ2n) is 4.79. The highest BCUT2D eigenvalue weighted by Crippen LogP contribution is 2.12. The molecule has 0 saturated carbocycles. The van der Waals surface area contributed by atoms with Crippen LogP contribution in [0.5, 0.6) is 0 Å². The third-order valence-corrected chi connectivity index (χ3v) is 2.76. The van der Waals surface area contributed by atoms with Crippen molar-refractivity contribution in [3.05, 3.63) is 36.5 Å². The summed E-state index contributed by atoms with van der Waals surface area (Å²) >= 11 is 0. The third kappa shape index (κ3) is 5.85. The van der Waals surface area contributed by atoms with Gasteiger partial charge < -0.3 is 15.0 Å². The Hall–Kier alpha value is -1.39. The van der Waals surface area contributed by atoms with E-state index >= 15 is 0 Å². The van der Waals surface area contributed by atoms with E-state index in [1.54, 1.807) is 7.11 Å². The molecule has 1 aromatic heterocycles. The van der Waals surface area contributed by atoms with Gasteiger partial charge in [-0.05, 0) is 17.7 Å². The van der Waals surface area contributed by atoms with Crippen molar-refractivity contribution in [3.8, 4) is 0 Å². The van der Waals surface area contributed by atoms with Crippen LogP contribution in [-0.4, -0.2) is 37.8 Å². The number of pyridine rings is 1. The highest BCUT2D eigenvalue weighted by molar-refractivity contribution is 5.41. The summed E-state index contributed by atoms with van der Waals surface area (Å²) in [6.45, 7) is 11.2. The predicted octanol–water partition coefficient (Wildman–Crippen LogP) is 2.22. The van der Waals surface area contributed by atoms with Gasteiger partial charge in [-0.25, -0.2) is 4.98 Å². The zero-order chi connectivity index (χ0) is 14.1. The maximum atomic E-state index is 5.13. The average Bonchev–Trinajstić information content (AvgIpc) is 2.41. The summed E-state index contributed by atoms with van der Waals surface area (Å²) in [7, 11) is 1.71. The molecule has 4 heteroatoms. The molecule has 0 aliphatic rings. The molecule has 1 heterocycles. The largest absolute Gasteiger partial charge is 0.383 e. The van der Waals surface area contributed by atoms with Gasteiger partial charge in [0.25, 0.3) is 0 Å². The van der Waals surface area contributed by atoms with Crippen molar-refractivity contribution in [2.24, 2.45) is 0 Å². The van der Waals surface area contributed by atoms with Gasteiger partial charge in [0.1, 0.15) is 5.82 Å². The van der Waals surface area contributed by atoms with E-state index in [0.29, 0.717) is 12.6 Å². The second-order valence-corrected chi connectivity index (χ2v) is 4.79. The van der Waals surface area contributed by atoms with E-state index in [4.69, 9.17) is 4.74 Å². The third-order valence-electron chi connectivity index (χ3n) is 2.76. The molecule has 0 aliphatic heterocycles. The van der Waals surface area contributed by atoms with Crippen LogP contribution in [0.25, 0.3) is 0 Å². The quantitative estimate of drug-likeness (QED) is 0.693. The number of rotatable bonds is 9. The van der Waals surface area contributed by atoms with E-state index in [1.165, 1.54) is 5.56 Å². The lowest BCUT2D eigenvalue weighted by atomic mass is 10.2. The molecule has 0 saturated heterocycles. The molecule has 1 aromatic rings. The smallest absolute Gasteiger partial charge is 0.129 e. The van der Waals surface area contributed by atoms with Crippen molar-refractivity contribution >= 4 is 5.82 Å². The molecule has 0 radical (unpaired) electrons. The monoisotopic (exact) mass is 263 g/mol. The molecule has 1 N–H and O–H groups in total. The number of ether oxygens (including phenoxy) is 1. The molecular weight excluding hydrogens is 238 g/mol. The first-order valence-corrected chi connectivity index (χ1v) is 6.70. The number of aromatic nitrogens is 1. The molecule has 0 atom stereocenters. The van der Waals surface area contributed by atoms with Crippen LogP contribution in [0.1, 0.15) is 19.4 Å². The molecule has 106 valence electrons. The fourth-order valence-electron chi connectivity index (χ4n) is 1.72. The van der Waals surface area contributed by atoms with Gasteiger partial charge in [0, 0.05) is 39.0 Å². The summed E-state index contributed by atoms with van der Waals surface area (Å²) in [4.78, 5) is 6.60. The summed E-state index contributed by atoms with van der Waals surface area (Å²) in [6.07, 6.45) is 3.74. The van der Waals surface area contributed by atoms with E-state index in [1.807, 2.05) is 18.3 Å². The molecule has 1 rings (SSSR count). The first kappa shape index (κ1) is 15.7. The molecule has 4 nitrogen and oxygen atoms in total. The molecular formula is C15H25N3O. The molecule has 0 amide bonds. The minimum absolute atomic E-state index is 0.481. The first-order valence-electron chi connectivity index (χ1n) is 6.70. The number of hydrogen-bond donors (Lipinski definition) is 1. The van der Waals surface area contributed by atoms with Crippen molar-refractivity contribution in [1.82, 2.24) is 10.3 Å². The van der Waals surface area contributed by atoms with E-state index in [-0.39, 0.29) is 0 Å². The summed E-state index contributed by atoms with van der Waals surface area (Å²) in [5.41, 5.74) is 1.24. The van der Waals surface area contributed by atoms with Crippen molar-refractivity contribution in [1.29, 1.82) is 0 Å². The van der Waals surface area contributed by atoms with E-state index in [9.17, 15) is 0 Å². The zero-order valence-corrected chi connectivity index (χ0v) is 12.2. The topological polar surface area (TPSA) is 37.4 Å². The number of methoxy groups -OCH3 is 1. The standard InChI is InChI=1S/C15H25N3O/c1-5-8-18(9-10-19-4)15-11-14(6-7-16-15)12-17-13(2)3/h5-7,11,13,17H,1,8-10,12H2,2-4H3. The Balaban J connectivity index is 2.72. The van der Waals surface area contributed by atoms with Crippen LogP contribution in [0.3, 0.4) is 0 Å². The SMILES string of the molecule is C=CCN(CCOC)c1cc(CNC(C)C)ccn1. The fraction of sp³-hybridized carbons (Fsp3) is 0.533. The van der Waals surface area contributed by atoms with E-state index in [2.05, 4.69) is 41.7 Å².